The van der Waals surface area contributed by atoms with Gasteiger partial charge in [-0.2, -0.15) is 0 Å². The van der Waals surface area contributed by atoms with Crippen molar-refractivity contribution >= 4 is 40.4 Å². The van der Waals surface area contributed by atoms with Crippen molar-refractivity contribution in [2.75, 3.05) is 13.7 Å². The highest BCUT2D eigenvalue weighted by Crippen LogP contribution is 2.35. The van der Waals surface area contributed by atoms with Crippen LogP contribution in [0.3, 0.4) is 0 Å². The van der Waals surface area contributed by atoms with Gasteiger partial charge in [-0.1, -0.05) is 17.4 Å². The van der Waals surface area contributed by atoms with Crippen LogP contribution in [0.1, 0.15) is 30.5 Å². The maximum atomic E-state index is 13.6. The zero-order valence-electron chi connectivity index (χ0n) is 20.5. The topological polar surface area (TPSA) is 126 Å². The first-order valence-corrected chi connectivity index (χ1v) is 13.2. The van der Waals surface area contributed by atoms with Crippen molar-refractivity contribution in [2.24, 2.45) is 4.99 Å². The average Bonchev–Trinajstić information content (AvgIpc) is 3.65. The third-order valence-corrected chi connectivity index (χ3v) is 7.80. The molecule has 1 aliphatic heterocycles. The molecule has 5 rings (SSSR count). The first-order valence-electron chi connectivity index (χ1n) is 11.5. The summed E-state index contributed by atoms with van der Waals surface area (Å²) in [6.07, 6.45) is 1.57. The molecule has 3 aromatic heterocycles. The van der Waals surface area contributed by atoms with Crippen molar-refractivity contribution in [3.63, 3.8) is 0 Å². The maximum absolute atomic E-state index is 13.6. The molecule has 0 bridgehead atoms. The summed E-state index contributed by atoms with van der Waals surface area (Å²) in [4.78, 5) is 43.4. The molecule has 1 atom stereocenters. The fourth-order valence-corrected chi connectivity index (χ4v) is 6.06. The first-order chi connectivity index (χ1) is 18.3. The lowest BCUT2D eigenvalue weighted by Gasteiger charge is -2.23. The van der Waals surface area contributed by atoms with E-state index in [1.165, 1.54) is 40.4 Å². The molecular weight excluding hydrogens is 530 g/mol. The highest BCUT2D eigenvalue weighted by Gasteiger charge is 2.34. The molecule has 0 saturated heterocycles. The Labute approximate surface area is 223 Å². The van der Waals surface area contributed by atoms with Gasteiger partial charge in [0.2, 0.25) is 0 Å². The lowest BCUT2D eigenvalue weighted by molar-refractivity contribution is -0.384. The monoisotopic (exact) mass is 551 g/mol. The molecule has 0 radical (unpaired) electrons. The Hall–Kier alpha value is -4.29. The van der Waals surface area contributed by atoms with Gasteiger partial charge in [0.05, 0.1) is 46.1 Å². The van der Waals surface area contributed by atoms with Crippen LogP contribution in [0.2, 0.25) is 0 Å². The molecule has 12 heteroatoms. The van der Waals surface area contributed by atoms with Crippen molar-refractivity contribution in [1.29, 1.82) is 0 Å². The number of ether oxygens (including phenoxy) is 2. The summed E-state index contributed by atoms with van der Waals surface area (Å²) in [5.74, 6) is 0.448. The number of rotatable bonds is 7. The Morgan fingerprint density at radius 2 is 2.11 bits per heavy atom. The predicted molar refractivity (Wildman–Crippen MR) is 142 cm³/mol. The van der Waals surface area contributed by atoms with Crippen molar-refractivity contribution < 1.29 is 23.6 Å². The highest BCUT2D eigenvalue weighted by atomic mass is 32.1. The number of methoxy groups -OCH3 is 1. The third-order valence-electron chi connectivity index (χ3n) is 5.90. The maximum Gasteiger partial charge on any atom is 0.338 e. The Morgan fingerprint density at radius 3 is 2.79 bits per heavy atom. The first kappa shape index (κ1) is 25.4. The number of carbonyl (C=O) groups is 1. The number of aromatic nitrogens is 1. The van der Waals surface area contributed by atoms with Crippen LogP contribution in [0.15, 0.2) is 73.3 Å². The van der Waals surface area contributed by atoms with Crippen molar-refractivity contribution in [1.82, 2.24) is 4.57 Å². The number of thiophene rings is 1. The van der Waals surface area contributed by atoms with Crippen LogP contribution in [0.4, 0.5) is 5.69 Å². The molecule has 4 heterocycles. The summed E-state index contributed by atoms with van der Waals surface area (Å²) in [5, 5.41) is 13.5. The molecule has 0 saturated carbocycles. The minimum Gasteiger partial charge on any atom is -0.497 e. The van der Waals surface area contributed by atoms with Gasteiger partial charge in [-0.25, -0.2) is 9.79 Å². The van der Waals surface area contributed by atoms with Crippen molar-refractivity contribution in [3.8, 4) is 17.1 Å². The molecule has 0 N–H and O–H groups in total. The number of fused-ring (bicyclic) bond motifs is 1. The molecule has 0 spiro atoms. The minimum atomic E-state index is -0.665. The van der Waals surface area contributed by atoms with E-state index < -0.39 is 16.9 Å². The van der Waals surface area contributed by atoms with Gasteiger partial charge in [0, 0.05) is 11.0 Å². The molecule has 0 fully saturated rings. The van der Waals surface area contributed by atoms with Gasteiger partial charge in [-0.3, -0.25) is 19.5 Å². The Morgan fingerprint density at radius 1 is 1.29 bits per heavy atom. The van der Waals surface area contributed by atoms with E-state index in [4.69, 9.17) is 13.9 Å². The van der Waals surface area contributed by atoms with Crippen LogP contribution in [0.25, 0.3) is 17.4 Å². The summed E-state index contributed by atoms with van der Waals surface area (Å²) >= 11 is 2.60. The number of hydrogen-bond donors (Lipinski definition) is 0. The van der Waals surface area contributed by atoms with Crippen LogP contribution in [-0.2, 0) is 9.53 Å². The fourth-order valence-electron chi connectivity index (χ4n) is 4.21. The van der Waals surface area contributed by atoms with Gasteiger partial charge in [-0.05, 0) is 49.6 Å². The van der Waals surface area contributed by atoms with Crippen LogP contribution in [0, 0.1) is 10.1 Å². The molecule has 1 unspecified atom stereocenters. The van der Waals surface area contributed by atoms with Gasteiger partial charge in [0.1, 0.15) is 23.3 Å². The Bertz CT molecular complexity index is 1760. The molecular formula is C26H21N3O7S2. The molecule has 0 amide bonds. The number of thiazole rings is 1. The Kier molecular flexibility index (Phi) is 6.83. The second kappa shape index (κ2) is 10.2. The van der Waals surface area contributed by atoms with E-state index >= 15 is 0 Å². The van der Waals surface area contributed by atoms with Gasteiger partial charge in [0.15, 0.2) is 4.80 Å². The number of benzene rings is 1. The fraction of sp³-hybridized carbons (Fsp3) is 0.192. The second-order valence-electron chi connectivity index (χ2n) is 8.16. The lowest BCUT2D eigenvalue weighted by atomic mass is 10.0. The molecule has 10 nitrogen and oxygen atoms in total. The summed E-state index contributed by atoms with van der Waals surface area (Å²) in [7, 11) is 1.43. The molecule has 38 heavy (non-hydrogen) atoms. The van der Waals surface area contributed by atoms with E-state index in [2.05, 4.69) is 4.99 Å². The average molecular weight is 552 g/mol. The minimum absolute atomic E-state index is 0.164. The molecule has 1 aromatic carbocycles. The van der Waals surface area contributed by atoms with Crippen molar-refractivity contribution in [2.45, 2.75) is 19.9 Å². The van der Waals surface area contributed by atoms with E-state index in [0.29, 0.717) is 32.1 Å². The largest absolute Gasteiger partial charge is 0.497 e. The number of carbonyl (C=O) groups excluding carboxylic acids is 1. The smallest absolute Gasteiger partial charge is 0.338 e. The van der Waals surface area contributed by atoms with Gasteiger partial charge < -0.3 is 13.9 Å². The third kappa shape index (κ3) is 4.48. The number of allylic oxidation sites excluding steroid dienone is 1. The van der Waals surface area contributed by atoms with E-state index in [1.54, 1.807) is 44.2 Å². The lowest BCUT2D eigenvalue weighted by Crippen LogP contribution is -2.39. The predicted octanol–water partition coefficient (Wildman–Crippen LogP) is 4.04. The van der Waals surface area contributed by atoms with Crippen LogP contribution in [0.5, 0.6) is 5.75 Å². The van der Waals surface area contributed by atoms with Crippen molar-refractivity contribution in [3.05, 3.63) is 99.6 Å². The Balaban J connectivity index is 1.60. The van der Waals surface area contributed by atoms with E-state index in [1.807, 2.05) is 17.5 Å². The van der Waals surface area contributed by atoms with E-state index in [-0.39, 0.29) is 29.2 Å². The second-order valence-corrected chi connectivity index (χ2v) is 10.1. The molecule has 194 valence electrons. The van der Waals surface area contributed by atoms with E-state index in [0.717, 1.165) is 4.88 Å². The number of nitrogens with zero attached hydrogens (tertiary/aromatic N) is 3. The number of nitro benzene ring substituents is 1. The molecule has 1 aliphatic rings. The summed E-state index contributed by atoms with van der Waals surface area (Å²) in [6.45, 7) is 3.65. The number of nitro groups is 1. The van der Waals surface area contributed by atoms with Gasteiger partial charge >= 0.3 is 5.97 Å². The van der Waals surface area contributed by atoms with Crippen LogP contribution in [-0.4, -0.2) is 29.2 Å². The van der Waals surface area contributed by atoms with Gasteiger partial charge in [0.25, 0.3) is 11.2 Å². The summed E-state index contributed by atoms with van der Waals surface area (Å²) < 4.78 is 18.1. The number of esters is 1. The normalized spacial score (nSPS) is 15.2. The quantitative estimate of drug-likeness (QED) is 0.193. The zero-order chi connectivity index (χ0) is 27.0. The highest BCUT2D eigenvalue weighted by molar-refractivity contribution is 7.10. The molecule has 4 aromatic rings. The summed E-state index contributed by atoms with van der Waals surface area (Å²) in [6, 6.07) is 10.8. The van der Waals surface area contributed by atoms with Gasteiger partial charge in [-0.15, -0.1) is 11.3 Å². The van der Waals surface area contributed by atoms with E-state index in [9.17, 15) is 19.7 Å². The standard InChI is InChI=1S/C26H21N3O7S2/c1-4-35-25(31)22-14(2)27-26-28(23(22)20-6-5-11-37-20)24(30)21(38-26)13-16-8-10-19(36-16)17-9-7-15(34-3)12-18(17)29(32)33/h5-13,23H,4H2,1-3H3/b21-13+. The van der Waals surface area contributed by atoms with Crippen LogP contribution >= 0.6 is 22.7 Å². The number of furan rings is 1. The SMILES string of the molecule is CCOC(=O)C1=C(C)N=c2s/c(=C/c3ccc(-c4ccc(OC)cc4[N+](=O)[O-])o3)c(=O)n2C1c1cccs1. The number of hydrogen-bond acceptors (Lipinski definition) is 10. The zero-order valence-corrected chi connectivity index (χ0v) is 22.1. The van der Waals surface area contributed by atoms with Crippen LogP contribution < -0.4 is 19.6 Å². The summed E-state index contributed by atoms with van der Waals surface area (Å²) in [5.41, 5.74) is 0.587. The molecule has 0 aliphatic carbocycles.